The van der Waals surface area contributed by atoms with Crippen LogP contribution < -0.4 is 16.4 Å². The Balaban J connectivity index is 2.10. The summed E-state index contributed by atoms with van der Waals surface area (Å²) in [6.45, 7) is 1.74. The third-order valence-electron chi connectivity index (χ3n) is 3.19. The van der Waals surface area contributed by atoms with Gasteiger partial charge in [0.05, 0.1) is 24.3 Å². The Morgan fingerprint density at radius 2 is 1.65 bits per heavy atom. The van der Waals surface area contributed by atoms with Crippen molar-refractivity contribution < 1.29 is 14.0 Å². The SMILES string of the molecule is Cc1ccc(NC(=O)Cc2ccc(F)cc2)c(NC(=O)CN)c1. The summed E-state index contributed by atoms with van der Waals surface area (Å²) < 4.78 is 12.9. The summed E-state index contributed by atoms with van der Waals surface area (Å²) in [5.41, 5.74) is 7.91. The van der Waals surface area contributed by atoms with Crippen LogP contribution in [-0.4, -0.2) is 18.4 Å². The lowest BCUT2D eigenvalue weighted by molar-refractivity contribution is -0.116. The lowest BCUT2D eigenvalue weighted by atomic mass is 10.1. The highest BCUT2D eigenvalue weighted by Gasteiger charge is 2.10. The van der Waals surface area contributed by atoms with Crippen molar-refractivity contribution in [2.45, 2.75) is 13.3 Å². The van der Waals surface area contributed by atoms with Gasteiger partial charge in [0, 0.05) is 0 Å². The zero-order valence-electron chi connectivity index (χ0n) is 12.7. The highest BCUT2D eigenvalue weighted by atomic mass is 19.1. The molecule has 0 saturated carbocycles. The van der Waals surface area contributed by atoms with Crippen molar-refractivity contribution in [1.29, 1.82) is 0 Å². The van der Waals surface area contributed by atoms with Crippen LogP contribution >= 0.6 is 0 Å². The maximum Gasteiger partial charge on any atom is 0.238 e. The highest BCUT2D eigenvalue weighted by Crippen LogP contribution is 2.23. The molecule has 0 aliphatic carbocycles. The molecule has 0 radical (unpaired) electrons. The molecule has 0 saturated heterocycles. The second kappa shape index (κ2) is 7.51. The van der Waals surface area contributed by atoms with Crippen LogP contribution in [-0.2, 0) is 16.0 Å². The van der Waals surface area contributed by atoms with Gasteiger partial charge < -0.3 is 16.4 Å². The van der Waals surface area contributed by atoms with Crippen molar-refractivity contribution in [3.05, 3.63) is 59.4 Å². The van der Waals surface area contributed by atoms with Gasteiger partial charge >= 0.3 is 0 Å². The monoisotopic (exact) mass is 315 g/mol. The number of rotatable bonds is 5. The van der Waals surface area contributed by atoms with Crippen LogP contribution in [0, 0.1) is 12.7 Å². The Labute approximate surface area is 133 Å². The van der Waals surface area contributed by atoms with E-state index in [0.717, 1.165) is 5.56 Å². The smallest absolute Gasteiger partial charge is 0.238 e. The zero-order valence-corrected chi connectivity index (χ0v) is 12.7. The number of carbonyl (C=O) groups excluding carboxylic acids is 2. The Morgan fingerprint density at radius 1 is 1.00 bits per heavy atom. The van der Waals surface area contributed by atoms with E-state index in [9.17, 15) is 14.0 Å². The van der Waals surface area contributed by atoms with Crippen LogP contribution in [0.15, 0.2) is 42.5 Å². The van der Waals surface area contributed by atoms with Crippen LogP contribution in [0.4, 0.5) is 15.8 Å². The van der Waals surface area contributed by atoms with Crippen LogP contribution in [0.5, 0.6) is 0 Å². The molecule has 2 amide bonds. The third-order valence-corrected chi connectivity index (χ3v) is 3.19. The maximum absolute atomic E-state index is 12.9. The molecule has 2 aromatic carbocycles. The van der Waals surface area contributed by atoms with Gasteiger partial charge in [-0.05, 0) is 42.3 Å². The molecular weight excluding hydrogens is 297 g/mol. The first kappa shape index (κ1) is 16.6. The second-order valence-corrected chi connectivity index (χ2v) is 5.15. The molecule has 0 spiro atoms. The van der Waals surface area contributed by atoms with E-state index >= 15 is 0 Å². The Morgan fingerprint density at radius 3 is 2.30 bits per heavy atom. The standard InChI is InChI=1S/C17H18FN3O2/c1-11-2-7-14(15(8-11)21-17(23)10-19)20-16(22)9-12-3-5-13(18)6-4-12/h2-8H,9-10,19H2,1H3,(H,20,22)(H,21,23). The van der Waals surface area contributed by atoms with E-state index in [1.807, 2.05) is 13.0 Å². The number of nitrogens with two attached hydrogens (primary N) is 1. The minimum atomic E-state index is -0.348. The van der Waals surface area contributed by atoms with Crippen LogP contribution in [0.2, 0.25) is 0 Å². The normalized spacial score (nSPS) is 10.2. The summed E-state index contributed by atoms with van der Waals surface area (Å²) in [5, 5.41) is 5.39. The molecule has 0 unspecified atom stereocenters. The Bertz CT molecular complexity index is 714. The van der Waals surface area contributed by atoms with Crippen LogP contribution in [0.3, 0.4) is 0 Å². The molecule has 0 fully saturated rings. The van der Waals surface area contributed by atoms with Crippen molar-refractivity contribution in [3.8, 4) is 0 Å². The van der Waals surface area contributed by atoms with Gasteiger partial charge in [-0.1, -0.05) is 18.2 Å². The largest absolute Gasteiger partial charge is 0.324 e. The molecule has 120 valence electrons. The Hall–Kier alpha value is -2.73. The van der Waals surface area contributed by atoms with Gasteiger partial charge in [-0.15, -0.1) is 0 Å². The first-order valence-electron chi connectivity index (χ1n) is 7.13. The summed E-state index contributed by atoms with van der Waals surface area (Å²) in [6, 6.07) is 11.0. The van der Waals surface area contributed by atoms with Crippen molar-refractivity contribution in [3.63, 3.8) is 0 Å². The van der Waals surface area contributed by atoms with Gasteiger partial charge in [0.2, 0.25) is 11.8 Å². The van der Waals surface area contributed by atoms with E-state index in [1.165, 1.54) is 12.1 Å². The molecule has 5 nitrogen and oxygen atoms in total. The van der Waals surface area contributed by atoms with E-state index in [1.54, 1.807) is 24.3 Å². The van der Waals surface area contributed by atoms with Crippen molar-refractivity contribution in [2.75, 3.05) is 17.2 Å². The fourth-order valence-electron chi connectivity index (χ4n) is 2.05. The second-order valence-electron chi connectivity index (χ2n) is 5.15. The molecule has 0 heterocycles. The molecule has 2 aromatic rings. The first-order chi connectivity index (χ1) is 11.0. The Kier molecular flexibility index (Phi) is 5.43. The first-order valence-corrected chi connectivity index (χ1v) is 7.13. The van der Waals surface area contributed by atoms with Gasteiger partial charge in [-0.2, -0.15) is 0 Å². The quantitative estimate of drug-likeness (QED) is 0.791. The number of halogens is 1. The number of benzene rings is 2. The highest BCUT2D eigenvalue weighted by molar-refractivity contribution is 6.00. The van der Waals surface area contributed by atoms with E-state index in [4.69, 9.17) is 5.73 Å². The minimum absolute atomic E-state index is 0.110. The maximum atomic E-state index is 12.9. The predicted octanol–water partition coefficient (Wildman–Crippen LogP) is 2.21. The predicted molar refractivity (Wildman–Crippen MR) is 87.6 cm³/mol. The fourth-order valence-corrected chi connectivity index (χ4v) is 2.05. The fraction of sp³-hybridized carbons (Fsp3) is 0.176. The van der Waals surface area contributed by atoms with E-state index in [0.29, 0.717) is 16.9 Å². The average Bonchev–Trinajstić information content (AvgIpc) is 2.52. The molecule has 0 aromatic heterocycles. The van der Waals surface area contributed by atoms with Crippen molar-refractivity contribution >= 4 is 23.2 Å². The number of amides is 2. The number of carbonyl (C=O) groups is 2. The molecule has 0 aliphatic heterocycles. The number of hydrogen-bond donors (Lipinski definition) is 3. The summed E-state index contributed by atoms with van der Waals surface area (Å²) >= 11 is 0. The average molecular weight is 315 g/mol. The lowest BCUT2D eigenvalue weighted by Gasteiger charge is -2.13. The summed E-state index contributed by atoms with van der Waals surface area (Å²) in [6.07, 6.45) is 0.110. The number of anilines is 2. The van der Waals surface area contributed by atoms with Crippen molar-refractivity contribution in [1.82, 2.24) is 0 Å². The number of hydrogen-bond acceptors (Lipinski definition) is 3. The van der Waals surface area contributed by atoms with Gasteiger partial charge in [-0.25, -0.2) is 4.39 Å². The van der Waals surface area contributed by atoms with E-state index < -0.39 is 0 Å². The molecule has 0 bridgehead atoms. The zero-order chi connectivity index (χ0) is 16.8. The molecule has 23 heavy (non-hydrogen) atoms. The lowest BCUT2D eigenvalue weighted by Crippen LogP contribution is -2.23. The van der Waals surface area contributed by atoms with Crippen LogP contribution in [0.1, 0.15) is 11.1 Å². The molecule has 0 atom stereocenters. The number of aryl methyl sites for hydroxylation is 1. The molecule has 2 rings (SSSR count). The van der Waals surface area contributed by atoms with E-state index in [-0.39, 0.29) is 30.6 Å². The minimum Gasteiger partial charge on any atom is -0.324 e. The van der Waals surface area contributed by atoms with Gasteiger partial charge in [0.15, 0.2) is 0 Å². The summed E-state index contributed by atoms with van der Waals surface area (Å²) in [5.74, 6) is -0.951. The molecule has 0 aliphatic rings. The molecule has 4 N–H and O–H groups in total. The van der Waals surface area contributed by atoms with Gasteiger partial charge in [-0.3, -0.25) is 9.59 Å². The number of nitrogens with one attached hydrogen (secondary N) is 2. The van der Waals surface area contributed by atoms with Crippen molar-refractivity contribution in [2.24, 2.45) is 5.73 Å². The topological polar surface area (TPSA) is 84.2 Å². The summed E-state index contributed by atoms with van der Waals surface area (Å²) in [4.78, 5) is 23.6. The van der Waals surface area contributed by atoms with Crippen LogP contribution in [0.25, 0.3) is 0 Å². The van der Waals surface area contributed by atoms with Gasteiger partial charge in [0.25, 0.3) is 0 Å². The van der Waals surface area contributed by atoms with E-state index in [2.05, 4.69) is 10.6 Å². The molecular formula is C17H18FN3O2. The summed E-state index contributed by atoms with van der Waals surface area (Å²) in [7, 11) is 0. The third kappa shape index (κ3) is 4.89. The molecule has 6 heteroatoms. The van der Waals surface area contributed by atoms with Gasteiger partial charge in [0.1, 0.15) is 5.82 Å².